The summed E-state index contributed by atoms with van der Waals surface area (Å²) in [5.41, 5.74) is 4.55. The number of allylic oxidation sites excluding steroid dienone is 1. The van der Waals surface area contributed by atoms with Gasteiger partial charge in [-0.3, -0.25) is 0 Å². The average molecular weight is 423 g/mol. The quantitative estimate of drug-likeness (QED) is 0.496. The monoisotopic (exact) mass is 422 g/mol. The van der Waals surface area contributed by atoms with Gasteiger partial charge >= 0.3 is 0 Å². The van der Waals surface area contributed by atoms with Crippen LogP contribution >= 0.6 is 23.2 Å². The van der Waals surface area contributed by atoms with Gasteiger partial charge in [0.1, 0.15) is 17.5 Å². The van der Waals surface area contributed by atoms with Gasteiger partial charge in [-0.2, -0.15) is 15.2 Å². The van der Waals surface area contributed by atoms with Crippen molar-refractivity contribution in [2.45, 2.75) is 13.0 Å². The van der Waals surface area contributed by atoms with Crippen molar-refractivity contribution in [3.63, 3.8) is 0 Å². The van der Waals surface area contributed by atoms with Crippen LogP contribution in [0.4, 0.5) is 5.95 Å². The molecule has 144 valence electrons. The SMILES string of the molecule is Cc1nn(-c2ccc(Cl)cc2)c(Cl)c1C1C=C(c2ccccc2)Nc2ncnn21. The number of benzene rings is 2. The predicted molar refractivity (Wildman–Crippen MR) is 115 cm³/mol. The van der Waals surface area contributed by atoms with Crippen molar-refractivity contribution < 1.29 is 0 Å². The van der Waals surface area contributed by atoms with Gasteiger partial charge in [-0.1, -0.05) is 53.5 Å². The summed E-state index contributed by atoms with van der Waals surface area (Å²) in [6.45, 7) is 1.95. The van der Waals surface area contributed by atoms with Crippen molar-refractivity contribution in [1.29, 1.82) is 0 Å². The molecule has 1 atom stereocenters. The summed E-state index contributed by atoms with van der Waals surface area (Å²) in [7, 11) is 0. The molecule has 2 aromatic carbocycles. The van der Waals surface area contributed by atoms with Gasteiger partial charge < -0.3 is 5.32 Å². The number of aryl methyl sites for hydroxylation is 1. The van der Waals surface area contributed by atoms with Crippen LogP contribution in [-0.2, 0) is 0 Å². The Morgan fingerprint density at radius 1 is 1.00 bits per heavy atom. The van der Waals surface area contributed by atoms with E-state index in [-0.39, 0.29) is 6.04 Å². The Bertz CT molecular complexity index is 1210. The Hall–Kier alpha value is -3.09. The molecule has 0 radical (unpaired) electrons. The number of nitrogens with one attached hydrogen (secondary N) is 1. The predicted octanol–water partition coefficient (Wildman–Crippen LogP) is 5.14. The first-order valence-electron chi connectivity index (χ1n) is 9.06. The third kappa shape index (κ3) is 3.10. The maximum atomic E-state index is 6.82. The Labute approximate surface area is 177 Å². The summed E-state index contributed by atoms with van der Waals surface area (Å²) in [5, 5.41) is 13.6. The number of aromatic nitrogens is 5. The Morgan fingerprint density at radius 2 is 1.76 bits per heavy atom. The summed E-state index contributed by atoms with van der Waals surface area (Å²) in [4.78, 5) is 4.36. The van der Waals surface area contributed by atoms with Gasteiger partial charge in [-0.15, -0.1) is 0 Å². The van der Waals surface area contributed by atoms with E-state index in [9.17, 15) is 0 Å². The zero-order valence-corrected chi connectivity index (χ0v) is 16.9. The topological polar surface area (TPSA) is 60.6 Å². The van der Waals surface area contributed by atoms with Crippen molar-refractivity contribution in [1.82, 2.24) is 24.5 Å². The van der Waals surface area contributed by atoms with Gasteiger partial charge in [-0.05, 0) is 42.8 Å². The van der Waals surface area contributed by atoms with E-state index < -0.39 is 0 Å². The molecule has 8 heteroatoms. The molecule has 1 aliphatic rings. The maximum absolute atomic E-state index is 6.82. The number of hydrogen-bond acceptors (Lipinski definition) is 4. The second kappa shape index (κ2) is 7.06. The molecule has 0 saturated carbocycles. The number of hydrogen-bond donors (Lipinski definition) is 1. The van der Waals surface area contributed by atoms with Crippen LogP contribution < -0.4 is 5.32 Å². The van der Waals surface area contributed by atoms with E-state index in [4.69, 9.17) is 23.2 Å². The molecule has 0 spiro atoms. The maximum Gasteiger partial charge on any atom is 0.226 e. The highest BCUT2D eigenvalue weighted by Crippen LogP contribution is 2.37. The van der Waals surface area contributed by atoms with Crippen LogP contribution in [0.2, 0.25) is 10.2 Å². The summed E-state index contributed by atoms with van der Waals surface area (Å²) >= 11 is 12.8. The lowest BCUT2D eigenvalue weighted by atomic mass is 10.0. The summed E-state index contributed by atoms with van der Waals surface area (Å²) < 4.78 is 3.53. The lowest BCUT2D eigenvalue weighted by Crippen LogP contribution is -2.20. The molecule has 29 heavy (non-hydrogen) atoms. The first-order chi connectivity index (χ1) is 14.1. The van der Waals surface area contributed by atoms with E-state index in [1.807, 2.05) is 66.2 Å². The molecule has 6 nitrogen and oxygen atoms in total. The number of nitrogens with zero attached hydrogens (tertiary/aromatic N) is 5. The Morgan fingerprint density at radius 3 is 2.52 bits per heavy atom. The van der Waals surface area contributed by atoms with Crippen molar-refractivity contribution >= 4 is 34.8 Å². The van der Waals surface area contributed by atoms with Crippen molar-refractivity contribution in [2.75, 3.05) is 5.32 Å². The van der Waals surface area contributed by atoms with Gasteiger partial charge in [0.15, 0.2) is 0 Å². The molecule has 5 rings (SSSR count). The van der Waals surface area contributed by atoms with Crippen LogP contribution in [0.5, 0.6) is 0 Å². The highest BCUT2D eigenvalue weighted by Gasteiger charge is 2.29. The molecule has 0 saturated heterocycles. The van der Waals surface area contributed by atoms with Gasteiger partial charge in [0, 0.05) is 16.3 Å². The van der Waals surface area contributed by atoms with E-state index >= 15 is 0 Å². The minimum atomic E-state index is -0.238. The van der Waals surface area contributed by atoms with Crippen LogP contribution in [0, 0.1) is 6.92 Å². The van der Waals surface area contributed by atoms with E-state index in [2.05, 4.69) is 26.6 Å². The van der Waals surface area contributed by atoms with Crippen LogP contribution in [-0.4, -0.2) is 24.5 Å². The van der Waals surface area contributed by atoms with Crippen LogP contribution in [0.1, 0.15) is 22.9 Å². The number of halogens is 2. The minimum absolute atomic E-state index is 0.238. The Balaban J connectivity index is 1.65. The van der Waals surface area contributed by atoms with E-state index in [1.165, 1.54) is 6.33 Å². The third-order valence-electron chi connectivity index (χ3n) is 4.91. The molecule has 4 aromatic rings. The number of fused-ring (bicyclic) bond motifs is 1. The van der Waals surface area contributed by atoms with Crippen LogP contribution in [0.15, 0.2) is 67.0 Å². The van der Waals surface area contributed by atoms with E-state index in [0.29, 0.717) is 16.1 Å². The molecule has 0 bridgehead atoms. The third-order valence-corrected chi connectivity index (χ3v) is 5.52. The molecular weight excluding hydrogens is 407 g/mol. The molecule has 0 aliphatic carbocycles. The normalized spacial score (nSPS) is 15.6. The molecule has 0 fully saturated rings. The minimum Gasteiger partial charge on any atom is -0.324 e. The van der Waals surface area contributed by atoms with Crippen molar-refractivity contribution in [3.8, 4) is 5.69 Å². The van der Waals surface area contributed by atoms with Gasteiger partial charge in [-0.25, -0.2) is 9.36 Å². The van der Waals surface area contributed by atoms with Crippen LogP contribution in [0.25, 0.3) is 11.4 Å². The van der Waals surface area contributed by atoms with E-state index in [1.54, 1.807) is 4.68 Å². The molecule has 1 N–H and O–H groups in total. The fourth-order valence-electron chi connectivity index (χ4n) is 3.53. The lowest BCUT2D eigenvalue weighted by molar-refractivity contribution is 0.609. The van der Waals surface area contributed by atoms with Gasteiger partial charge in [0.05, 0.1) is 11.4 Å². The largest absolute Gasteiger partial charge is 0.324 e. The first-order valence-corrected chi connectivity index (χ1v) is 9.82. The molecule has 1 aliphatic heterocycles. The average Bonchev–Trinajstić information content (AvgIpc) is 3.33. The molecule has 1 unspecified atom stereocenters. The second-order valence-electron chi connectivity index (χ2n) is 6.72. The number of anilines is 1. The molecule has 3 heterocycles. The van der Waals surface area contributed by atoms with Gasteiger partial charge in [0.25, 0.3) is 0 Å². The Kier molecular flexibility index (Phi) is 4.38. The second-order valence-corrected chi connectivity index (χ2v) is 7.52. The highest BCUT2D eigenvalue weighted by molar-refractivity contribution is 6.31. The summed E-state index contributed by atoms with van der Waals surface area (Å²) in [6, 6.07) is 17.3. The van der Waals surface area contributed by atoms with Crippen molar-refractivity contribution in [3.05, 3.63) is 94.0 Å². The molecule has 0 amide bonds. The fraction of sp³-hybridized carbons (Fsp3) is 0.0952. The van der Waals surface area contributed by atoms with E-state index in [0.717, 1.165) is 28.2 Å². The smallest absolute Gasteiger partial charge is 0.226 e. The zero-order valence-electron chi connectivity index (χ0n) is 15.4. The first kappa shape index (κ1) is 18.0. The summed E-state index contributed by atoms with van der Waals surface area (Å²) in [6.07, 6.45) is 3.63. The molecule has 2 aromatic heterocycles. The van der Waals surface area contributed by atoms with Crippen LogP contribution in [0.3, 0.4) is 0 Å². The zero-order chi connectivity index (χ0) is 20.0. The summed E-state index contributed by atoms with van der Waals surface area (Å²) in [5.74, 6) is 0.658. The highest BCUT2D eigenvalue weighted by atomic mass is 35.5. The fourth-order valence-corrected chi connectivity index (χ4v) is 4.04. The molecular formula is C21H16Cl2N6. The number of rotatable bonds is 3. The lowest BCUT2D eigenvalue weighted by Gasteiger charge is -2.24. The van der Waals surface area contributed by atoms with Gasteiger partial charge in [0.2, 0.25) is 5.95 Å². The van der Waals surface area contributed by atoms with Crippen molar-refractivity contribution in [2.24, 2.45) is 0 Å². The standard InChI is InChI=1S/C21H16Cl2N6/c1-13-19(20(23)28(27-13)16-9-7-15(22)8-10-16)18-11-17(14-5-3-2-4-6-14)26-21-24-12-25-29(18)21/h2-12,18H,1H3,(H,24,25,26).